The Morgan fingerprint density at radius 1 is 0.225 bits per heavy atom. The Morgan fingerprint density at radius 2 is 0.425 bits per heavy atom. The van der Waals surface area contributed by atoms with Gasteiger partial charge in [0.05, 0.1) is 0 Å². The van der Waals surface area contributed by atoms with E-state index in [-0.39, 0.29) is 0 Å². The van der Waals surface area contributed by atoms with Gasteiger partial charge < -0.3 is 0 Å². The zero-order valence-corrected chi connectivity index (χ0v) is 23.9. The summed E-state index contributed by atoms with van der Waals surface area (Å²) in [6, 6.07) is 52.2. The molecular weight excluding hydrogens is 480 g/mol. The first-order chi connectivity index (χ1) is 19.4. The van der Waals surface area contributed by atoms with Gasteiger partial charge in [-0.15, -0.1) is 0 Å². The maximum absolute atomic E-state index is 2.26. The van der Waals surface area contributed by atoms with Crippen molar-refractivity contribution in [3.63, 3.8) is 0 Å². The lowest BCUT2D eigenvalue weighted by molar-refractivity contribution is 1.46. The fraction of sp³-hybridized carbons (Fsp3) is 0.100. The first-order valence-electron chi connectivity index (χ1n) is 13.9. The van der Waals surface area contributed by atoms with Crippen LogP contribution in [-0.2, 0) is 0 Å². The molecule has 0 saturated heterocycles. The first kappa shape index (κ1) is 26.9. The summed E-state index contributed by atoms with van der Waals surface area (Å²) < 4.78 is 0. The predicted octanol–water partition coefficient (Wildman–Crippen LogP) is 11.3. The lowest BCUT2D eigenvalue weighted by Gasteiger charge is -2.07. The van der Waals surface area contributed by atoms with Gasteiger partial charge in [0, 0.05) is 0 Å². The predicted molar refractivity (Wildman–Crippen MR) is 174 cm³/mol. The molecule has 0 aliphatic rings. The second-order valence-corrected chi connectivity index (χ2v) is 10.6. The molecule has 0 aliphatic heterocycles. The molecule has 6 aromatic carbocycles. The van der Waals surface area contributed by atoms with Gasteiger partial charge in [-0.25, -0.2) is 0 Å². The van der Waals surface area contributed by atoms with E-state index in [1.54, 1.807) is 0 Å². The first-order valence-corrected chi connectivity index (χ1v) is 13.9. The Morgan fingerprint density at radius 3 is 0.625 bits per heavy atom. The minimum Gasteiger partial charge on any atom is -0.0610 e. The fourth-order valence-electron chi connectivity index (χ4n) is 4.74. The molecule has 0 amide bonds. The van der Waals surface area contributed by atoms with Gasteiger partial charge in [0.1, 0.15) is 0 Å². The third kappa shape index (κ3) is 6.84. The highest BCUT2D eigenvalue weighted by Gasteiger charge is 2.03. The monoisotopic (exact) mass is 516 g/mol. The molecule has 196 valence electrons. The molecule has 0 fully saturated rings. The summed E-state index contributed by atoms with van der Waals surface area (Å²) in [6.45, 7) is 8.47. The Hall–Kier alpha value is -4.68. The molecule has 0 heteroatoms. The highest BCUT2D eigenvalue weighted by atomic mass is 14.1. The molecule has 0 saturated carbocycles. The molecule has 0 unspecified atom stereocenters. The molecule has 0 aromatic heterocycles. The molecule has 0 heterocycles. The second-order valence-electron chi connectivity index (χ2n) is 10.6. The van der Waals surface area contributed by atoms with Crippen molar-refractivity contribution in [1.29, 1.82) is 0 Å². The van der Waals surface area contributed by atoms with Gasteiger partial charge in [-0.05, 0) is 84.3 Å². The summed E-state index contributed by atoms with van der Waals surface area (Å²) >= 11 is 0. The van der Waals surface area contributed by atoms with Crippen molar-refractivity contribution in [1.82, 2.24) is 0 Å². The van der Waals surface area contributed by atoms with Crippen LogP contribution in [0.3, 0.4) is 0 Å². The van der Waals surface area contributed by atoms with Gasteiger partial charge in [0.25, 0.3) is 0 Å². The van der Waals surface area contributed by atoms with Gasteiger partial charge >= 0.3 is 0 Å². The molecule has 6 aromatic rings. The van der Waals surface area contributed by atoms with Crippen LogP contribution in [-0.4, -0.2) is 0 Å². The highest BCUT2D eigenvalue weighted by Crippen LogP contribution is 2.28. The number of aryl methyl sites for hydroxylation is 4. The average molecular weight is 517 g/mol. The summed E-state index contributed by atoms with van der Waals surface area (Å²) in [4.78, 5) is 0. The number of hydrogen-bond donors (Lipinski definition) is 0. The minimum absolute atomic E-state index is 1.27. The Bertz CT molecular complexity index is 1420. The summed E-state index contributed by atoms with van der Waals surface area (Å²) in [5.74, 6) is 0. The smallest absolute Gasteiger partial charge is 0.0178 e. The van der Waals surface area contributed by atoms with Crippen molar-refractivity contribution >= 4 is 0 Å². The van der Waals surface area contributed by atoms with Gasteiger partial charge in [-0.3, -0.25) is 0 Å². The molecule has 0 spiro atoms. The van der Waals surface area contributed by atoms with E-state index in [1.807, 2.05) is 0 Å². The van der Waals surface area contributed by atoms with E-state index in [2.05, 4.69) is 173 Å². The fourth-order valence-corrected chi connectivity index (χ4v) is 4.74. The molecule has 0 bridgehead atoms. The van der Waals surface area contributed by atoms with Crippen LogP contribution >= 0.6 is 0 Å². The highest BCUT2D eigenvalue weighted by molar-refractivity contribution is 5.74. The van der Waals surface area contributed by atoms with Crippen LogP contribution < -0.4 is 0 Å². The minimum atomic E-state index is 1.27. The summed E-state index contributed by atoms with van der Waals surface area (Å²) in [5, 5.41) is 0. The quantitative estimate of drug-likeness (QED) is 0.218. The van der Waals surface area contributed by atoms with E-state index < -0.39 is 0 Å². The van der Waals surface area contributed by atoms with E-state index in [0.29, 0.717) is 0 Å². The normalized spacial score (nSPS) is 10.5. The second kappa shape index (κ2) is 12.5. The standard InChI is InChI=1S/2C20H18/c2*1-15-6-10-17(11-7-15)19-4-3-5-20(14-19)18-12-8-16(2)9-13-18/h2*3-14H,1-2H3. The van der Waals surface area contributed by atoms with Crippen molar-refractivity contribution in [2.24, 2.45) is 0 Å². The molecule has 0 atom stereocenters. The van der Waals surface area contributed by atoms with Crippen molar-refractivity contribution in [2.45, 2.75) is 27.7 Å². The maximum atomic E-state index is 2.26. The lowest BCUT2D eigenvalue weighted by atomic mass is 9.98. The van der Waals surface area contributed by atoms with Crippen molar-refractivity contribution < 1.29 is 0 Å². The third-order valence-corrected chi connectivity index (χ3v) is 7.26. The van der Waals surface area contributed by atoms with Crippen molar-refractivity contribution in [3.05, 3.63) is 168 Å². The van der Waals surface area contributed by atoms with Crippen LogP contribution in [0.2, 0.25) is 0 Å². The molecule has 0 radical (unpaired) electrons. The summed E-state index contributed by atoms with van der Waals surface area (Å²) in [5.41, 5.74) is 15.3. The van der Waals surface area contributed by atoms with Crippen molar-refractivity contribution in [3.8, 4) is 44.5 Å². The summed E-state index contributed by atoms with van der Waals surface area (Å²) in [6.07, 6.45) is 0. The van der Waals surface area contributed by atoms with E-state index >= 15 is 0 Å². The van der Waals surface area contributed by atoms with Gasteiger partial charge in [-0.1, -0.05) is 156 Å². The van der Waals surface area contributed by atoms with Crippen LogP contribution in [0.5, 0.6) is 0 Å². The van der Waals surface area contributed by atoms with Crippen LogP contribution in [0, 0.1) is 27.7 Å². The Kier molecular flexibility index (Phi) is 8.38. The van der Waals surface area contributed by atoms with E-state index in [0.717, 1.165) is 0 Å². The average Bonchev–Trinajstić information content (AvgIpc) is 2.99. The molecule has 6 rings (SSSR count). The topological polar surface area (TPSA) is 0 Å². The van der Waals surface area contributed by atoms with E-state index in [1.165, 1.54) is 66.8 Å². The van der Waals surface area contributed by atoms with Crippen LogP contribution in [0.1, 0.15) is 22.3 Å². The van der Waals surface area contributed by atoms with Crippen LogP contribution in [0.25, 0.3) is 44.5 Å². The largest absolute Gasteiger partial charge is 0.0610 e. The Labute approximate surface area is 239 Å². The maximum Gasteiger partial charge on any atom is -0.0178 e. The zero-order chi connectivity index (χ0) is 27.9. The van der Waals surface area contributed by atoms with E-state index in [4.69, 9.17) is 0 Å². The van der Waals surface area contributed by atoms with Crippen LogP contribution in [0.15, 0.2) is 146 Å². The third-order valence-electron chi connectivity index (χ3n) is 7.26. The van der Waals surface area contributed by atoms with E-state index in [9.17, 15) is 0 Å². The van der Waals surface area contributed by atoms with Crippen LogP contribution in [0.4, 0.5) is 0 Å². The lowest BCUT2D eigenvalue weighted by Crippen LogP contribution is -1.82. The molecule has 0 N–H and O–H groups in total. The zero-order valence-electron chi connectivity index (χ0n) is 23.9. The molecular formula is C40H36. The SMILES string of the molecule is Cc1ccc(-c2cccc(-c3ccc(C)cc3)c2)cc1.Cc1ccc(-c2cccc(-c3ccc(C)cc3)c2)cc1. The molecule has 0 nitrogen and oxygen atoms in total. The Balaban J connectivity index is 0.000000161. The number of benzene rings is 6. The molecule has 40 heavy (non-hydrogen) atoms. The van der Waals surface area contributed by atoms with Gasteiger partial charge in [0.2, 0.25) is 0 Å². The number of rotatable bonds is 4. The number of hydrogen-bond acceptors (Lipinski definition) is 0. The van der Waals surface area contributed by atoms with Gasteiger partial charge in [0.15, 0.2) is 0 Å². The van der Waals surface area contributed by atoms with Gasteiger partial charge in [-0.2, -0.15) is 0 Å². The summed E-state index contributed by atoms with van der Waals surface area (Å²) in [7, 11) is 0. The molecule has 0 aliphatic carbocycles. The van der Waals surface area contributed by atoms with Crippen molar-refractivity contribution in [2.75, 3.05) is 0 Å².